The summed E-state index contributed by atoms with van der Waals surface area (Å²) < 4.78 is 13.4. The third-order valence-electron chi connectivity index (χ3n) is 4.16. The van der Waals surface area contributed by atoms with Crippen LogP contribution in [0.2, 0.25) is 0 Å². The number of rotatable bonds is 5. The number of hydrogen-bond donors (Lipinski definition) is 1. The minimum absolute atomic E-state index is 0.0310. The zero-order valence-corrected chi connectivity index (χ0v) is 15.1. The summed E-state index contributed by atoms with van der Waals surface area (Å²) in [7, 11) is 2.98. The van der Waals surface area contributed by atoms with Crippen LogP contribution in [0.15, 0.2) is 36.9 Å². The number of fused-ring (bicyclic) bond motifs is 1. The predicted molar refractivity (Wildman–Crippen MR) is 98.3 cm³/mol. The van der Waals surface area contributed by atoms with Crippen molar-refractivity contribution in [2.75, 3.05) is 14.2 Å². The molecule has 0 radical (unpaired) electrons. The SMILES string of the molecule is COc1ncc(-c2ccc3c(O)n(-c4cnn(CC#N)c4)cc3n2)c(OC)n1. The maximum Gasteiger partial charge on any atom is 0.319 e. The van der Waals surface area contributed by atoms with Crippen LogP contribution in [-0.2, 0) is 6.54 Å². The van der Waals surface area contributed by atoms with Crippen LogP contribution in [0.1, 0.15) is 0 Å². The number of aromatic nitrogens is 6. The van der Waals surface area contributed by atoms with Gasteiger partial charge in [0.15, 0.2) is 0 Å². The van der Waals surface area contributed by atoms with Gasteiger partial charge < -0.3 is 14.6 Å². The van der Waals surface area contributed by atoms with Crippen LogP contribution in [0.4, 0.5) is 0 Å². The van der Waals surface area contributed by atoms with E-state index in [1.807, 2.05) is 6.07 Å². The van der Waals surface area contributed by atoms with Crippen molar-refractivity contribution in [2.24, 2.45) is 0 Å². The van der Waals surface area contributed by atoms with E-state index in [-0.39, 0.29) is 18.4 Å². The van der Waals surface area contributed by atoms with Crippen LogP contribution >= 0.6 is 0 Å². The van der Waals surface area contributed by atoms with Gasteiger partial charge in [-0.25, -0.2) is 9.97 Å². The van der Waals surface area contributed by atoms with Gasteiger partial charge in [-0.2, -0.15) is 15.3 Å². The Hall–Kier alpha value is -4.13. The second kappa shape index (κ2) is 6.88. The molecule has 4 heterocycles. The molecule has 140 valence electrons. The predicted octanol–water partition coefficient (Wildman–Crippen LogP) is 1.93. The number of nitriles is 1. The van der Waals surface area contributed by atoms with Crippen molar-refractivity contribution in [2.45, 2.75) is 6.54 Å². The quantitative estimate of drug-likeness (QED) is 0.559. The molecule has 0 amide bonds. The average Bonchev–Trinajstić information content (AvgIpc) is 3.31. The average molecular weight is 377 g/mol. The molecule has 0 unspecified atom stereocenters. The van der Waals surface area contributed by atoms with Gasteiger partial charge in [0, 0.05) is 12.4 Å². The first kappa shape index (κ1) is 17.3. The van der Waals surface area contributed by atoms with E-state index < -0.39 is 0 Å². The lowest BCUT2D eigenvalue weighted by Crippen LogP contribution is -1.98. The molecule has 0 aromatic carbocycles. The highest BCUT2D eigenvalue weighted by Gasteiger charge is 2.16. The zero-order valence-electron chi connectivity index (χ0n) is 15.1. The van der Waals surface area contributed by atoms with Crippen molar-refractivity contribution in [3.05, 3.63) is 36.9 Å². The standard InChI is InChI=1S/C18H15N7O3/c1-27-16-13(8-20-18(23-16)28-2)14-4-3-12-15(22-14)10-25(17(12)26)11-7-21-24(9-11)6-5-19/h3-4,7-10,26H,6H2,1-2H3. The highest BCUT2D eigenvalue weighted by Crippen LogP contribution is 2.33. The molecule has 4 aromatic heterocycles. The second-order valence-electron chi connectivity index (χ2n) is 5.79. The lowest BCUT2D eigenvalue weighted by molar-refractivity contribution is 0.353. The van der Waals surface area contributed by atoms with Gasteiger partial charge in [-0.3, -0.25) is 9.25 Å². The first-order valence-electron chi connectivity index (χ1n) is 8.21. The maximum absolute atomic E-state index is 10.6. The molecule has 0 saturated carbocycles. The van der Waals surface area contributed by atoms with Crippen LogP contribution in [0, 0.1) is 11.3 Å². The Bertz CT molecular complexity index is 1210. The zero-order chi connectivity index (χ0) is 19.7. The first-order chi connectivity index (χ1) is 13.6. The second-order valence-corrected chi connectivity index (χ2v) is 5.79. The van der Waals surface area contributed by atoms with Crippen LogP contribution in [0.25, 0.3) is 27.8 Å². The minimum atomic E-state index is 0.0310. The van der Waals surface area contributed by atoms with Crippen molar-refractivity contribution >= 4 is 10.9 Å². The summed E-state index contributed by atoms with van der Waals surface area (Å²) in [6, 6.07) is 5.72. The number of nitrogens with zero attached hydrogens (tertiary/aromatic N) is 7. The summed E-state index contributed by atoms with van der Waals surface area (Å²) in [5, 5.41) is 24.0. The topological polar surface area (TPSA) is 124 Å². The van der Waals surface area contributed by atoms with E-state index in [9.17, 15) is 5.11 Å². The fourth-order valence-corrected chi connectivity index (χ4v) is 2.84. The van der Waals surface area contributed by atoms with E-state index >= 15 is 0 Å². The van der Waals surface area contributed by atoms with E-state index in [0.717, 1.165) is 0 Å². The molecule has 0 fully saturated rings. The summed E-state index contributed by atoms with van der Waals surface area (Å²) >= 11 is 0. The van der Waals surface area contributed by atoms with Crippen LogP contribution in [0.3, 0.4) is 0 Å². The Morgan fingerprint density at radius 1 is 1.14 bits per heavy atom. The van der Waals surface area contributed by atoms with Gasteiger partial charge in [-0.15, -0.1) is 0 Å². The largest absolute Gasteiger partial charge is 0.494 e. The fourth-order valence-electron chi connectivity index (χ4n) is 2.84. The molecule has 10 nitrogen and oxygen atoms in total. The normalized spacial score (nSPS) is 10.8. The lowest BCUT2D eigenvalue weighted by atomic mass is 10.2. The number of ether oxygens (including phenoxy) is 2. The van der Waals surface area contributed by atoms with Gasteiger partial charge in [0.25, 0.3) is 0 Å². The lowest BCUT2D eigenvalue weighted by Gasteiger charge is -2.07. The molecular weight excluding hydrogens is 362 g/mol. The summed E-state index contributed by atoms with van der Waals surface area (Å²) in [5.41, 5.74) is 2.38. The van der Waals surface area contributed by atoms with E-state index in [2.05, 4.69) is 20.1 Å². The van der Waals surface area contributed by atoms with E-state index in [4.69, 9.17) is 14.7 Å². The van der Waals surface area contributed by atoms with Crippen molar-refractivity contribution in [1.29, 1.82) is 5.26 Å². The molecule has 0 saturated heterocycles. The molecule has 0 aliphatic rings. The Kier molecular flexibility index (Phi) is 4.25. The van der Waals surface area contributed by atoms with Gasteiger partial charge in [-0.1, -0.05) is 0 Å². The molecular formula is C18H15N7O3. The van der Waals surface area contributed by atoms with Crippen molar-refractivity contribution in [3.8, 4) is 40.8 Å². The van der Waals surface area contributed by atoms with E-state index in [1.54, 1.807) is 41.5 Å². The summed E-state index contributed by atoms with van der Waals surface area (Å²) in [6.07, 6.45) is 6.50. The number of aromatic hydroxyl groups is 1. The van der Waals surface area contributed by atoms with Gasteiger partial charge >= 0.3 is 6.01 Å². The van der Waals surface area contributed by atoms with Crippen molar-refractivity contribution in [1.82, 2.24) is 29.3 Å². The van der Waals surface area contributed by atoms with Crippen molar-refractivity contribution in [3.63, 3.8) is 0 Å². The first-order valence-corrected chi connectivity index (χ1v) is 8.21. The smallest absolute Gasteiger partial charge is 0.319 e. The van der Waals surface area contributed by atoms with Crippen LogP contribution < -0.4 is 9.47 Å². The molecule has 1 N–H and O–H groups in total. The molecule has 0 aliphatic heterocycles. The van der Waals surface area contributed by atoms with Crippen molar-refractivity contribution < 1.29 is 14.6 Å². The molecule has 28 heavy (non-hydrogen) atoms. The molecule has 4 rings (SSSR count). The number of methoxy groups -OCH3 is 2. The monoisotopic (exact) mass is 377 g/mol. The van der Waals surface area contributed by atoms with Gasteiger partial charge in [0.2, 0.25) is 11.8 Å². The van der Waals surface area contributed by atoms with Gasteiger partial charge in [-0.05, 0) is 12.1 Å². The molecule has 4 aromatic rings. The molecule has 0 bridgehead atoms. The molecule has 0 atom stereocenters. The summed E-state index contributed by atoms with van der Waals surface area (Å²) in [5.74, 6) is 0.364. The third kappa shape index (κ3) is 2.84. The fraction of sp³-hybridized carbons (Fsp3) is 0.167. The van der Waals surface area contributed by atoms with Crippen LogP contribution in [-0.4, -0.2) is 48.6 Å². The molecule has 10 heteroatoms. The molecule has 0 aliphatic carbocycles. The Labute approximate surface area is 159 Å². The maximum atomic E-state index is 10.6. The number of hydrogen-bond acceptors (Lipinski definition) is 8. The Morgan fingerprint density at radius 3 is 2.75 bits per heavy atom. The highest BCUT2D eigenvalue weighted by molar-refractivity contribution is 5.87. The van der Waals surface area contributed by atoms with Gasteiger partial charge in [0.05, 0.1) is 60.5 Å². The minimum Gasteiger partial charge on any atom is -0.494 e. The summed E-state index contributed by atoms with van der Waals surface area (Å²) in [6.45, 7) is 0.126. The molecule has 0 spiro atoms. The van der Waals surface area contributed by atoms with E-state index in [1.165, 1.54) is 18.9 Å². The number of pyridine rings is 1. The van der Waals surface area contributed by atoms with Gasteiger partial charge in [0.1, 0.15) is 6.54 Å². The summed E-state index contributed by atoms with van der Waals surface area (Å²) in [4.78, 5) is 12.9. The highest BCUT2D eigenvalue weighted by atomic mass is 16.5. The Morgan fingerprint density at radius 2 is 2.00 bits per heavy atom. The van der Waals surface area contributed by atoms with E-state index in [0.29, 0.717) is 33.7 Å². The van der Waals surface area contributed by atoms with Crippen LogP contribution in [0.5, 0.6) is 17.8 Å². The third-order valence-corrected chi connectivity index (χ3v) is 4.16. The Balaban J connectivity index is 1.79.